The Labute approximate surface area is 182 Å². The standard InChI is InChI=1S/C25H29N3O3/c29-23(14-31-25(30)24-18-9-15-8-16(11-18)12-19(24)10-15)26-22-13-21(17-6-7-17)27-28(22)20-4-2-1-3-5-20/h1-5,13,15-19,24H,6-12,14H2,(H,26,29). The van der Waals surface area contributed by atoms with Crippen molar-refractivity contribution in [2.75, 3.05) is 11.9 Å². The smallest absolute Gasteiger partial charge is 0.310 e. The van der Waals surface area contributed by atoms with Crippen molar-refractivity contribution in [2.24, 2.45) is 29.6 Å². The van der Waals surface area contributed by atoms with Crippen LogP contribution in [0.5, 0.6) is 0 Å². The van der Waals surface area contributed by atoms with Crippen molar-refractivity contribution in [2.45, 2.75) is 50.9 Å². The highest BCUT2D eigenvalue weighted by atomic mass is 16.5. The van der Waals surface area contributed by atoms with E-state index in [1.807, 2.05) is 36.4 Å². The molecule has 5 aliphatic rings. The van der Waals surface area contributed by atoms with Gasteiger partial charge in [0.05, 0.1) is 17.3 Å². The van der Waals surface area contributed by atoms with Gasteiger partial charge in [0.15, 0.2) is 6.61 Å². The fraction of sp³-hybridized carbons (Fsp3) is 0.560. The molecular weight excluding hydrogens is 390 g/mol. The van der Waals surface area contributed by atoms with E-state index in [2.05, 4.69) is 5.32 Å². The van der Waals surface area contributed by atoms with E-state index in [4.69, 9.17) is 9.84 Å². The number of benzene rings is 1. The maximum absolute atomic E-state index is 12.9. The van der Waals surface area contributed by atoms with E-state index in [9.17, 15) is 9.59 Å². The molecule has 5 saturated carbocycles. The summed E-state index contributed by atoms with van der Waals surface area (Å²) < 4.78 is 7.30. The van der Waals surface area contributed by atoms with E-state index < -0.39 is 0 Å². The molecule has 6 heteroatoms. The Kier molecular flexibility index (Phi) is 4.62. The Hall–Kier alpha value is -2.63. The predicted molar refractivity (Wildman–Crippen MR) is 116 cm³/mol. The fourth-order valence-corrected chi connectivity index (χ4v) is 6.55. The number of carbonyl (C=O) groups excluding carboxylic acids is 2. The highest BCUT2D eigenvalue weighted by Gasteiger charge is 2.51. The minimum atomic E-state index is -0.309. The molecule has 0 unspecified atom stereocenters. The maximum Gasteiger partial charge on any atom is 0.310 e. The predicted octanol–water partition coefficient (Wildman–Crippen LogP) is 4.30. The Morgan fingerprint density at radius 3 is 2.32 bits per heavy atom. The molecule has 31 heavy (non-hydrogen) atoms. The quantitative estimate of drug-likeness (QED) is 0.709. The molecule has 1 N–H and O–H groups in total. The summed E-state index contributed by atoms with van der Waals surface area (Å²) in [6.07, 6.45) is 8.30. The minimum Gasteiger partial charge on any atom is -0.455 e. The summed E-state index contributed by atoms with van der Waals surface area (Å²) in [5.41, 5.74) is 1.90. The van der Waals surface area contributed by atoms with Gasteiger partial charge in [-0.3, -0.25) is 9.59 Å². The molecule has 1 aromatic heterocycles. The number of nitrogens with one attached hydrogen (secondary N) is 1. The Morgan fingerprint density at radius 1 is 1.00 bits per heavy atom. The molecule has 1 amide bonds. The first-order valence-corrected chi connectivity index (χ1v) is 11.8. The molecule has 6 nitrogen and oxygen atoms in total. The number of esters is 1. The third kappa shape index (κ3) is 3.66. The van der Waals surface area contributed by atoms with Gasteiger partial charge in [-0.15, -0.1) is 0 Å². The average molecular weight is 420 g/mol. The van der Waals surface area contributed by atoms with E-state index in [0.29, 0.717) is 23.6 Å². The number of anilines is 1. The zero-order valence-corrected chi connectivity index (χ0v) is 17.7. The van der Waals surface area contributed by atoms with Gasteiger partial charge in [-0.05, 0) is 80.8 Å². The van der Waals surface area contributed by atoms with Crippen LogP contribution in [0.25, 0.3) is 5.69 Å². The van der Waals surface area contributed by atoms with Crippen molar-refractivity contribution in [1.29, 1.82) is 0 Å². The molecule has 0 aliphatic heterocycles. The van der Waals surface area contributed by atoms with Crippen molar-refractivity contribution in [3.05, 3.63) is 42.1 Å². The number of para-hydroxylation sites is 1. The number of aromatic nitrogens is 2. The molecule has 1 heterocycles. The number of amides is 1. The van der Waals surface area contributed by atoms with Crippen molar-refractivity contribution in [1.82, 2.24) is 9.78 Å². The zero-order chi connectivity index (χ0) is 20.9. The highest BCUT2D eigenvalue weighted by molar-refractivity contribution is 5.92. The van der Waals surface area contributed by atoms with Gasteiger partial charge in [0.25, 0.3) is 5.91 Å². The number of hydrogen-bond donors (Lipinski definition) is 1. The van der Waals surface area contributed by atoms with Crippen LogP contribution in [-0.4, -0.2) is 28.3 Å². The molecule has 0 spiro atoms. The zero-order valence-electron chi connectivity index (χ0n) is 17.7. The molecule has 5 fully saturated rings. The van der Waals surface area contributed by atoms with Crippen LogP contribution in [0, 0.1) is 29.6 Å². The van der Waals surface area contributed by atoms with Crippen LogP contribution in [-0.2, 0) is 14.3 Å². The van der Waals surface area contributed by atoms with Crippen LogP contribution in [0.1, 0.15) is 56.6 Å². The molecule has 0 atom stereocenters. The molecular formula is C25H29N3O3. The van der Waals surface area contributed by atoms with Gasteiger partial charge in [0.1, 0.15) is 5.82 Å². The van der Waals surface area contributed by atoms with Crippen LogP contribution in [0.4, 0.5) is 5.82 Å². The van der Waals surface area contributed by atoms with E-state index in [0.717, 1.165) is 36.1 Å². The van der Waals surface area contributed by atoms with E-state index in [1.165, 1.54) is 32.1 Å². The van der Waals surface area contributed by atoms with Crippen molar-refractivity contribution in [3.63, 3.8) is 0 Å². The average Bonchev–Trinajstić information content (AvgIpc) is 3.53. The highest BCUT2D eigenvalue weighted by Crippen LogP contribution is 2.56. The van der Waals surface area contributed by atoms with Crippen molar-refractivity contribution < 1.29 is 14.3 Å². The minimum absolute atomic E-state index is 0.00286. The number of nitrogens with zero attached hydrogens (tertiary/aromatic N) is 2. The summed E-state index contributed by atoms with van der Waals surface area (Å²) >= 11 is 0. The van der Waals surface area contributed by atoms with Gasteiger partial charge in [-0.1, -0.05) is 18.2 Å². The summed E-state index contributed by atoms with van der Waals surface area (Å²) in [4.78, 5) is 25.5. The number of hydrogen-bond acceptors (Lipinski definition) is 4. The monoisotopic (exact) mass is 419 g/mol. The second-order valence-corrected chi connectivity index (χ2v) is 10.1. The summed E-state index contributed by atoms with van der Waals surface area (Å²) in [7, 11) is 0. The van der Waals surface area contributed by atoms with Crippen LogP contribution in [0.3, 0.4) is 0 Å². The lowest BCUT2D eigenvalue weighted by atomic mass is 9.52. The Bertz CT molecular complexity index is 967. The molecule has 0 saturated heterocycles. The molecule has 4 bridgehead atoms. The third-order valence-electron chi connectivity index (χ3n) is 7.84. The van der Waals surface area contributed by atoms with Gasteiger partial charge in [0.2, 0.25) is 0 Å². The Morgan fingerprint density at radius 2 is 1.68 bits per heavy atom. The first-order chi connectivity index (χ1) is 15.1. The first-order valence-electron chi connectivity index (χ1n) is 11.8. The lowest BCUT2D eigenvalue weighted by Gasteiger charge is -2.53. The largest absolute Gasteiger partial charge is 0.455 e. The lowest BCUT2D eigenvalue weighted by molar-refractivity contribution is -0.164. The summed E-state index contributed by atoms with van der Waals surface area (Å²) in [6, 6.07) is 11.7. The molecule has 5 aliphatic carbocycles. The van der Waals surface area contributed by atoms with Crippen molar-refractivity contribution >= 4 is 17.7 Å². The van der Waals surface area contributed by atoms with Gasteiger partial charge < -0.3 is 10.1 Å². The van der Waals surface area contributed by atoms with Crippen LogP contribution in [0.15, 0.2) is 36.4 Å². The second-order valence-electron chi connectivity index (χ2n) is 10.1. The number of carbonyl (C=O) groups is 2. The second kappa shape index (κ2) is 7.50. The van der Waals surface area contributed by atoms with Gasteiger partial charge in [0, 0.05) is 12.0 Å². The normalized spacial score (nSPS) is 30.9. The molecule has 7 rings (SSSR count). The summed E-state index contributed by atoms with van der Waals surface area (Å²) in [5.74, 6) is 3.19. The van der Waals surface area contributed by atoms with E-state index in [1.54, 1.807) is 4.68 Å². The van der Waals surface area contributed by atoms with Crippen LogP contribution >= 0.6 is 0 Å². The topological polar surface area (TPSA) is 73.2 Å². The molecule has 2 aromatic rings. The van der Waals surface area contributed by atoms with Crippen LogP contribution < -0.4 is 5.32 Å². The number of ether oxygens (including phenoxy) is 1. The first kappa shape index (κ1) is 19.1. The Balaban J connectivity index is 1.11. The molecule has 0 radical (unpaired) electrons. The van der Waals surface area contributed by atoms with Gasteiger partial charge >= 0.3 is 5.97 Å². The fourth-order valence-electron chi connectivity index (χ4n) is 6.55. The summed E-state index contributed by atoms with van der Waals surface area (Å²) in [6.45, 7) is -0.236. The van der Waals surface area contributed by atoms with Crippen molar-refractivity contribution in [3.8, 4) is 5.69 Å². The van der Waals surface area contributed by atoms with Crippen LogP contribution in [0.2, 0.25) is 0 Å². The molecule has 162 valence electrons. The van der Waals surface area contributed by atoms with Gasteiger partial charge in [-0.25, -0.2) is 4.68 Å². The summed E-state index contributed by atoms with van der Waals surface area (Å²) in [5, 5.41) is 7.63. The maximum atomic E-state index is 12.9. The van der Waals surface area contributed by atoms with Gasteiger partial charge in [-0.2, -0.15) is 5.10 Å². The third-order valence-corrected chi connectivity index (χ3v) is 7.84. The van der Waals surface area contributed by atoms with E-state index in [-0.39, 0.29) is 24.4 Å². The SMILES string of the molecule is O=C(COC(=O)C1C2CC3CC(C2)CC1C3)Nc1cc(C2CC2)nn1-c1ccccc1. The van der Waals surface area contributed by atoms with E-state index >= 15 is 0 Å². The number of rotatable bonds is 6. The molecule has 1 aromatic carbocycles. The lowest BCUT2D eigenvalue weighted by Crippen LogP contribution is -2.48.